The van der Waals surface area contributed by atoms with Crippen LogP contribution >= 0.6 is 0 Å². The molecule has 3 heterocycles. The van der Waals surface area contributed by atoms with Crippen molar-refractivity contribution < 1.29 is 22.4 Å². The third kappa shape index (κ3) is 7.63. The van der Waals surface area contributed by atoms with Gasteiger partial charge in [-0.05, 0) is 74.2 Å². The van der Waals surface area contributed by atoms with Crippen LogP contribution in [-0.2, 0) is 14.6 Å². The first-order chi connectivity index (χ1) is 20.3. The van der Waals surface area contributed by atoms with E-state index in [0.717, 1.165) is 11.8 Å². The molecule has 1 saturated heterocycles. The van der Waals surface area contributed by atoms with Crippen LogP contribution in [0.1, 0.15) is 45.7 Å². The van der Waals surface area contributed by atoms with Crippen molar-refractivity contribution in [3.8, 4) is 0 Å². The quantitative estimate of drug-likeness (QED) is 0.349. The molecule has 0 spiro atoms. The van der Waals surface area contributed by atoms with E-state index in [9.17, 15) is 22.4 Å². The van der Waals surface area contributed by atoms with Crippen molar-refractivity contribution in [1.82, 2.24) is 19.8 Å². The number of aryl methyl sites for hydroxylation is 3. The Kier molecular flexibility index (Phi) is 9.61. The number of nitrogens with one attached hydrogen (secondary N) is 2. The van der Waals surface area contributed by atoms with Crippen molar-refractivity contribution >= 4 is 33.2 Å². The van der Waals surface area contributed by atoms with Gasteiger partial charge in [-0.2, -0.15) is 0 Å². The first-order valence-electron chi connectivity index (χ1n) is 13.9. The Morgan fingerprint density at radius 2 is 1.84 bits per heavy atom. The van der Waals surface area contributed by atoms with Gasteiger partial charge < -0.3 is 15.5 Å². The second kappa shape index (κ2) is 13.0. The van der Waals surface area contributed by atoms with Crippen LogP contribution in [0.3, 0.4) is 0 Å². The molecule has 0 saturated carbocycles. The second-order valence-corrected chi connectivity index (χ2v) is 13.0. The van der Waals surface area contributed by atoms with E-state index in [1.54, 1.807) is 44.0 Å². The number of anilines is 2. The molecule has 0 bridgehead atoms. The van der Waals surface area contributed by atoms with Gasteiger partial charge >= 0.3 is 0 Å². The lowest BCUT2D eigenvalue weighted by Crippen LogP contribution is -2.54. The molecule has 0 aliphatic carbocycles. The summed E-state index contributed by atoms with van der Waals surface area (Å²) in [7, 11) is -3.43. The highest BCUT2D eigenvalue weighted by Gasteiger charge is 2.28. The van der Waals surface area contributed by atoms with E-state index in [-0.39, 0.29) is 40.2 Å². The highest BCUT2D eigenvalue weighted by atomic mass is 32.2. The summed E-state index contributed by atoms with van der Waals surface area (Å²) in [6.45, 7) is 13.2. The van der Waals surface area contributed by atoms with Crippen LogP contribution in [0.2, 0.25) is 0 Å². The van der Waals surface area contributed by atoms with Gasteiger partial charge in [-0.3, -0.25) is 14.5 Å². The maximum atomic E-state index is 14.6. The number of carbonyl (C=O) groups is 2. The van der Waals surface area contributed by atoms with Crippen LogP contribution in [0.4, 0.5) is 15.9 Å². The van der Waals surface area contributed by atoms with Crippen LogP contribution in [0.5, 0.6) is 0 Å². The molecule has 2 N–H and O–H groups in total. The highest BCUT2D eigenvalue weighted by Crippen LogP contribution is 2.25. The van der Waals surface area contributed by atoms with Gasteiger partial charge in [0, 0.05) is 44.7 Å². The number of rotatable bonds is 9. The van der Waals surface area contributed by atoms with Gasteiger partial charge in [0.05, 0.1) is 22.8 Å². The summed E-state index contributed by atoms with van der Waals surface area (Å²) in [6, 6.07) is 8.12. The van der Waals surface area contributed by atoms with Crippen molar-refractivity contribution in [2.45, 2.75) is 44.7 Å². The summed E-state index contributed by atoms with van der Waals surface area (Å²) >= 11 is 0. The topological polar surface area (TPSA) is 125 Å². The Balaban J connectivity index is 1.52. The monoisotopic (exact) mass is 608 g/mol. The smallest absolute Gasteiger partial charge is 0.275 e. The molecule has 1 aliphatic rings. The molecule has 43 heavy (non-hydrogen) atoms. The standard InChI is InChI=1S/C31H37FN6O4S/c1-7-28(39)38-11-10-37(17-22(38)5)18-27(23-9-8-19(2)26(32)14-23)35-24-12-20(3)29(33-15-24)31(40)36-30-21(4)13-25(16-34-30)43(6,41)42/h7-9,12-16,22,27,35H,1,10-11,17-18H2,2-6H3,(H,34,36,40)/t22-,27-/m1/s1. The number of aromatic nitrogens is 2. The summed E-state index contributed by atoms with van der Waals surface area (Å²) in [5, 5.41) is 6.17. The van der Waals surface area contributed by atoms with Gasteiger partial charge in [0.2, 0.25) is 5.91 Å². The van der Waals surface area contributed by atoms with Gasteiger partial charge in [-0.15, -0.1) is 0 Å². The lowest BCUT2D eigenvalue weighted by molar-refractivity contribution is -0.130. The number of carbonyl (C=O) groups excluding carboxylic acids is 2. The van der Waals surface area contributed by atoms with Gasteiger partial charge in [0.15, 0.2) is 9.84 Å². The predicted molar refractivity (Wildman–Crippen MR) is 164 cm³/mol. The van der Waals surface area contributed by atoms with E-state index in [2.05, 4.69) is 32.1 Å². The molecule has 0 unspecified atom stereocenters. The third-order valence-electron chi connectivity index (χ3n) is 7.56. The molecule has 10 nitrogen and oxygen atoms in total. The molecule has 1 aromatic carbocycles. The zero-order chi connectivity index (χ0) is 31.5. The van der Waals surface area contributed by atoms with Crippen molar-refractivity contribution in [2.24, 2.45) is 0 Å². The van der Waals surface area contributed by atoms with Crippen molar-refractivity contribution in [3.05, 3.63) is 89.1 Å². The summed E-state index contributed by atoms with van der Waals surface area (Å²) < 4.78 is 38.2. The van der Waals surface area contributed by atoms with E-state index in [1.165, 1.54) is 24.4 Å². The summed E-state index contributed by atoms with van der Waals surface area (Å²) in [4.78, 5) is 37.8. The maximum absolute atomic E-state index is 14.6. The number of piperazine rings is 1. The molecule has 12 heteroatoms. The number of nitrogens with zero attached hydrogens (tertiary/aromatic N) is 4. The fraction of sp³-hybridized carbons (Fsp3) is 0.355. The van der Waals surface area contributed by atoms with Gasteiger partial charge in [0.1, 0.15) is 17.3 Å². The minimum Gasteiger partial charge on any atom is -0.376 e. The number of halogens is 1. The number of pyridine rings is 2. The average Bonchev–Trinajstić information content (AvgIpc) is 2.94. The normalized spacial score (nSPS) is 16.4. The lowest BCUT2D eigenvalue weighted by Gasteiger charge is -2.41. The minimum absolute atomic E-state index is 0.00272. The fourth-order valence-electron chi connectivity index (χ4n) is 5.10. The number of amides is 2. The molecular weight excluding hydrogens is 571 g/mol. The first kappa shape index (κ1) is 31.8. The Morgan fingerprint density at radius 3 is 2.44 bits per heavy atom. The zero-order valence-corrected chi connectivity index (χ0v) is 25.8. The zero-order valence-electron chi connectivity index (χ0n) is 25.0. The van der Waals surface area contributed by atoms with Gasteiger partial charge in [-0.25, -0.2) is 22.8 Å². The van der Waals surface area contributed by atoms with Crippen LogP contribution < -0.4 is 10.6 Å². The first-order valence-corrected chi connectivity index (χ1v) is 15.8. The molecule has 228 valence electrons. The summed E-state index contributed by atoms with van der Waals surface area (Å²) in [5.74, 6) is -0.630. The molecular formula is C31H37FN6O4S. The van der Waals surface area contributed by atoms with Gasteiger partial charge in [-0.1, -0.05) is 18.7 Å². The van der Waals surface area contributed by atoms with E-state index >= 15 is 0 Å². The molecule has 1 fully saturated rings. The van der Waals surface area contributed by atoms with Gasteiger partial charge in [0.25, 0.3) is 5.91 Å². The fourth-order valence-corrected chi connectivity index (χ4v) is 5.74. The Morgan fingerprint density at radius 1 is 1.09 bits per heavy atom. The molecule has 0 radical (unpaired) electrons. The molecule has 1 aliphatic heterocycles. The van der Waals surface area contributed by atoms with Crippen molar-refractivity contribution in [2.75, 3.05) is 43.1 Å². The van der Waals surface area contributed by atoms with Crippen molar-refractivity contribution in [3.63, 3.8) is 0 Å². The molecule has 3 aromatic rings. The van der Waals surface area contributed by atoms with Crippen LogP contribution in [0.15, 0.2) is 60.3 Å². The van der Waals surface area contributed by atoms with E-state index in [4.69, 9.17) is 0 Å². The van der Waals surface area contributed by atoms with Crippen LogP contribution in [0.25, 0.3) is 0 Å². The summed E-state index contributed by atoms with van der Waals surface area (Å²) in [6.07, 6.45) is 5.18. The SMILES string of the molecule is C=CC(=O)N1CCN(C[C@@H](Nc2cnc(C(=O)Nc3ncc(S(C)(=O)=O)cc3C)c(C)c2)c2ccc(C)c(F)c2)C[C@H]1C. The number of benzene rings is 1. The largest absolute Gasteiger partial charge is 0.376 e. The minimum atomic E-state index is -3.43. The molecule has 2 aromatic heterocycles. The second-order valence-electron chi connectivity index (χ2n) is 11.0. The average molecular weight is 609 g/mol. The van der Waals surface area contributed by atoms with E-state index < -0.39 is 15.7 Å². The van der Waals surface area contributed by atoms with Crippen LogP contribution in [-0.4, -0.2) is 78.5 Å². The molecule has 2 atom stereocenters. The van der Waals surface area contributed by atoms with Crippen molar-refractivity contribution in [1.29, 1.82) is 0 Å². The van der Waals surface area contributed by atoms with E-state index in [1.807, 2.05) is 13.0 Å². The number of hydrogen-bond donors (Lipinski definition) is 2. The Bertz CT molecular complexity index is 1660. The molecule has 4 rings (SSSR count). The number of sulfone groups is 1. The molecule has 2 amide bonds. The third-order valence-corrected chi connectivity index (χ3v) is 8.64. The Hall–Kier alpha value is -4.16. The predicted octanol–water partition coefficient (Wildman–Crippen LogP) is 4.07. The summed E-state index contributed by atoms with van der Waals surface area (Å²) in [5.41, 5.74) is 3.26. The lowest BCUT2D eigenvalue weighted by atomic mass is 10.0. The maximum Gasteiger partial charge on any atom is 0.275 e. The van der Waals surface area contributed by atoms with E-state index in [0.29, 0.717) is 48.6 Å². The highest BCUT2D eigenvalue weighted by molar-refractivity contribution is 7.90. The number of hydrogen-bond acceptors (Lipinski definition) is 8. The van der Waals surface area contributed by atoms with Crippen LogP contribution in [0, 0.1) is 26.6 Å². The Labute approximate surface area is 251 Å².